The van der Waals surface area contributed by atoms with Crippen LogP contribution in [0.1, 0.15) is 37.7 Å². The Labute approximate surface area is 178 Å². The van der Waals surface area contributed by atoms with E-state index < -0.39 is 0 Å². The van der Waals surface area contributed by atoms with Crippen molar-refractivity contribution in [3.05, 3.63) is 17.7 Å². The molecule has 8 nitrogen and oxygen atoms in total. The fraction of sp³-hybridized carbons (Fsp3) is 0.636. The summed E-state index contributed by atoms with van der Waals surface area (Å²) in [6.45, 7) is 4.89. The highest BCUT2D eigenvalue weighted by Gasteiger charge is 2.42. The van der Waals surface area contributed by atoms with Gasteiger partial charge in [-0.15, -0.1) is 0 Å². The second-order valence-electron chi connectivity index (χ2n) is 7.80. The van der Waals surface area contributed by atoms with Crippen molar-refractivity contribution in [2.24, 2.45) is 5.92 Å². The standard InChI is InChI=1S/C22H33N3O5/c1-5-23-22(27)25-13-16(17(14-25)21(26)24-9-7-6-8-10-24)15-11-18(28-2)20(30-4)19(12-15)29-3/h11-12,16-17H,5-10,13-14H2,1-4H3,(H,23,27). The summed E-state index contributed by atoms with van der Waals surface area (Å²) in [5.74, 6) is 1.30. The minimum Gasteiger partial charge on any atom is -0.493 e. The Morgan fingerprint density at radius 2 is 1.60 bits per heavy atom. The number of hydrogen-bond acceptors (Lipinski definition) is 5. The average molecular weight is 420 g/mol. The number of carbonyl (C=O) groups is 2. The van der Waals surface area contributed by atoms with Crippen LogP contribution >= 0.6 is 0 Å². The molecule has 166 valence electrons. The Hall–Kier alpha value is -2.64. The highest BCUT2D eigenvalue weighted by molar-refractivity contribution is 5.83. The first-order valence-electron chi connectivity index (χ1n) is 10.7. The number of benzene rings is 1. The molecular formula is C22H33N3O5. The van der Waals surface area contributed by atoms with Crippen LogP contribution in [0.25, 0.3) is 0 Å². The van der Waals surface area contributed by atoms with Gasteiger partial charge in [0.25, 0.3) is 0 Å². The minimum atomic E-state index is -0.298. The van der Waals surface area contributed by atoms with E-state index in [-0.39, 0.29) is 23.8 Å². The first kappa shape index (κ1) is 22.1. The molecule has 2 heterocycles. The summed E-state index contributed by atoms with van der Waals surface area (Å²) in [6.07, 6.45) is 3.23. The van der Waals surface area contributed by atoms with Crippen LogP contribution in [0.4, 0.5) is 4.79 Å². The zero-order chi connectivity index (χ0) is 21.7. The van der Waals surface area contributed by atoms with Crippen molar-refractivity contribution < 1.29 is 23.8 Å². The largest absolute Gasteiger partial charge is 0.493 e. The Kier molecular flexibility index (Phi) is 7.29. The summed E-state index contributed by atoms with van der Waals surface area (Å²) >= 11 is 0. The van der Waals surface area contributed by atoms with Crippen LogP contribution in [0, 0.1) is 5.92 Å². The SMILES string of the molecule is CCNC(=O)N1CC(C(=O)N2CCCCC2)C(c2cc(OC)c(OC)c(OC)c2)C1. The van der Waals surface area contributed by atoms with Gasteiger partial charge in [0, 0.05) is 38.6 Å². The van der Waals surface area contributed by atoms with Gasteiger partial charge in [-0.05, 0) is 43.9 Å². The molecule has 1 N–H and O–H groups in total. The summed E-state index contributed by atoms with van der Waals surface area (Å²) < 4.78 is 16.5. The Morgan fingerprint density at radius 1 is 0.967 bits per heavy atom. The summed E-state index contributed by atoms with van der Waals surface area (Å²) in [6, 6.07) is 3.65. The number of ether oxygens (including phenoxy) is 3. The fourth-order valence-corrected chi connectivity index (χ4v) is 4.48. The highest BCUT2D eigenvalue weighted by Crippen LogP contribution is 2.43. The lowest BCUT2D eigenvalue weighted by atomic mass is 9.87. The van der Waals surface area contributed by atoms with Crippen LogP contribution in [0.15, 0.2) is 12.1 Å². The molecule has 0 bridgehead atoms. The summed E-state index contributed by atoms with van der Waals surface area (Å²) in [7, 11) is 4.72. The van der Waals surface area contributed by atoms with Gasteiger partial charge in [0.1, 0.15) is 0 Å². The molecule has 2 fully saturated rings. The van der Waals surface area contributed by atoms with Crippen molar-refractivity contribution in [1.29, 1.82) is 0 Å². The molecular weight excluding hydrogens is 386 g/mol. The molecule has 2 saturated heterocycles. The molecule has 0 aliphatic carbocycles. The Morgan fingerprint density at radius 3 is 2.13 bits per heavy atom. The maximum atomic E-state index is 13.4. The van der Waals surface area contributed by atoms with E-state index >= 15 is 0 Å². The predicted molar refractivity (Wildman–Crippen MR) is 113 cm³/mol. The highest BCUT2D eigenvalue weighted by atomic mass is 16.5. The van der Waals surface area contributed by atoms with Gasteiger partial charge in [-0.25, -0.2) is 4.79 Å². The number of hydrogen-bond donors (Lipinski definition) is 1. The van der Waals surface area contributed by atoms with E-state index in [1.165, 1.54) is 0 Å². The van der Waals surface area contributed by atoms with Crippen LogP contribution in [-0.4, -0.2) is 75.8 Å². The van der Waals surface area contributed by atoms with E-state index in [0.29, 0.717) is 36.9 Å². The molecule has 2 atom stereocenters. The number of amides is 3. The first-order valence-corrected chi connectivity index (χ1v) is 10.7. The smallest absolute Gasteiger partial charge is 0.317 e. The second kappa shape index (κ2) is 9.91. The summed E-state index contributed by atoms with van der Waals surface area (Å²) in [5, 5.41) is 2.85. The van der Waals surface area contributed by atoms with Crippen molar-refractivity contribution in [2.45, 2.75) is 32.1 Å². The molecule has 8 heteroatoms. The number of likely N-dealkylation sites (tertiary alicyclic amines) is 2. The number of nitrogens with one attached hydrogen (secondary N) is 1. The van der Waals surface area contributed by atoms with Gasteiger partial charge in [-0.1, -0.05) is 0 Å². The van der Waals surface area contributed by atoms with E-state index in [1.807, 2.05) is 24.0 Å². The lowest BCUT2D eigenvalue weighted by Gasteiger charge is -2.31. The zero-order valence-electron chi connectivity index (χ0n) is 18.4. The number of urea groups is 1. The molecule has 1 aromatic rings. The third-order valence-electron chi connectivity index (χ3n) is 6.04. The van der Waals surface area contributed by atoms with Gasteiger partial charge < -0.3 is 29.3 Å². The van der Waals surface area contributed by atoms with E-state index in [0.717, 1.165) is 37.9 Å². The quantitative estimate of drug-likeness (QED) is 0.766. The topological polar surface area (TPSA) is 80.3 Å². The molecule has 0 spiro atoms. The number of rotatable bonds is 6. The molecule has 1 aromatic carbocycles. The molecule has 0 saturated carbocycles. The van der Waals surface area contributed by atoms with Crippen molar-refractivity contribution in [2.75, 3.05) is 54.1 Å². The summed E-state index contributed by atoms with van der Waals surface area (Å²) in [4.78, 5) is 29.7. The second-order valence-corrected chi connectivity index (χ2v) is 7.80. The van der Waals surface area contributed by atoms with Crippen molar-refractivity contribution in [1.82, 2.24) is 15.1 Å². The first-order chi connectivity index (χ1) is 14.5. The van der Waals surface area contributed by atoms with Gasteiger partial charge in [0.15, 0.2) is 11.5 Å². The molecule has 0 aromatic heterocycles. The fourth-order valence-electron chi connectivity index (χ4n) is 4.48. The Bertz CT molecular complexity index is 738. The molecule has 2 aliphatic heterocycles. The predicted octanol–water partition coefficient (Wildman–Crippen LogP) is 2.47. The van der Waals surface area contributed by atoms with Crippen molar-refractivity contribution >= 4 is 11.9 Å². The Balaban J connectivity index is 1.95. The van der Waals surface area contributed by atoms with E-state index in [9.17, 15) is 9.59 Å². The average Bonchev–Trinajstić information content (AvgIpc) is 3.24. The molecule has 3 amide bonds. The molecule has 2 aliphatic rings. The van der Waals surface area contributed by atoms with E-state index in [1.54, 1.807) is 26.2 Å². The van der Waals surface area contributed by atoms with Gasteiger partial charge in [0.05, 0.1) is 27.2 Å². The summed E-state index contributed by atoms with van der Waals surface area (Å²) in [5.41, 5.74) is 0.909. The number of methoxy groups -OCH3 is 3. The lowest BCUT2D eigenvalue weighted by Crippen LogP contribution is -2.43. The van der Waals surface area contributed by atoms with Crippen molar-refractivity contribution in [3.63, 3.8) is 0 Å². The molecule has 3 rings (SSSR count). The number of carbonyl (C=O) groups excluding carboxylic acids is 2. The van der Waals surface area contributed by atoms with Gasteiger partial charge in [-0.3, -0.25) is 4.79 Å². The van der Waals surface area contributed by atoms with E-state index in [2.05, 4.69) is 5.32 Å². The third kappa shape index (κ3) is 4.42. The zero-order valence-corrected chi connectivity index (χ0v) is 18.4. The number of nitrogens with zero attached hydrogens (tertiary/aromatic N) is 2. The van der Waals surface area contributed by atoms with Crippen LogP contribution in [0.2, 0.25) is 0 Å². The van der Waals surface area contributed by atoms with Crippen LogP contribution in [0.3, 0.4) is 0 Å². The number of piperidine rings is 1. The van der Waals surface area contributed by atoms with Crippen LogP contribution < -0.4 is 19.5 Å². The molecule has 30 heavy (non-hydrogen) atoms. The maximum absolute atomic E-state index is 13.4. The van der Waals surface area contributed by atoms with Crippen LogP contribution in [0.5, 0.6) is 17.2 Å². The van der Waals surface area contributed by atoms with Gasteiger partial charge in [0.2, 0.25) is 11.7 Å². The maximum Gasteiger partial charge on any atom is 0.317 e. The van der Waals surface area contributed by atoms with Crippen LogP contribution in [-0.2, 0) is 4.79 Å². The van der Waals surface area contributed by atoms with E-state index in [4.69, 9.17) is 14.2 Å². The third-order valence-corrected chi connectivity index (χ3v) is 6.04. The van der Waals surface area contributed by atoms with Gasteiger partial charge in [-0.2, -0.15) is 0 Å². The minimum absolute atomic E-state index is 0.125. The molecule has 0 radical (unpaired) electrons. The normalized spacial score (nSPS) is 21.3. The monoisotopic (exact) mass is 419 g/mol. The van der Waals surface area contributed by atoms with Gasteiger partial charge >= 0.3 is 6.03 Å². The molecule has 2 unspecified atom stereocenters. The van der Waals surface area contributed by atoms with Crippen molar-refractivity contribution in [3.8, 4) is 17.2 Å². The lowest BCUT2D eigenvalue weighted by molar-refractivity contribution is -0.136.